The lowest BCUT2D eigenvalue weighted by Crippen LogP contribution is -2.27. The third kappa shape index (κ3) is 2.99. The van der Waals surface area contributed by atoms with Crippen molar-refractivity contribution in [2.24, 2.45) is 0 Å². The number of nitrogens with zero attached hydrogens (tertiary/aromatic N) is 2. The Labute approximate surface area is 135 Å². The van der Waals surface area contributed by atoms with E-state index in [9.17, 15) is 4.79 Å². The second kappa shape index (κ2) is 6.20. The average Bonchev–Trinajstić information content (AvgIpc) is 3.09. The Bertz CT molecular complexity index is 606. The van der Waals surface area contributed by atoms with Crippen LogP contribution in [0.4, 0.5) is 5.69 Å². The SMILES string of the molecule is CCN1C(=O)/C(=C/c2cccc(N3CCCC3)c2)SC1=S. The standard InChI is InChI=1S/C16H18N2OS2/c1-2-18-15(19)14(21-16(18)20)11-12-6-5-7-13(10-12)17-8-3-4-9-17/h5-7,10-11H,2-4,8-9H2,1H3/b14-11-. The molecule has 0 radical (unpaired) electrons. The molecule has 2 fully saturated rings. The summed E-state index contributed by atoms with van der Waals surface area (Å²) in [5.74, 6) is 0.0269. The molecule has 0 atom stereocenters. The van der Waals surface area contributed by atoms with Crippen molar-refractivity contribution in [1.29, 1.82) is 0 Å². The van der Waals surface area contributed by atoms with E-state index < -0.39 is 0 Å². The molecular formula is C16H18N2OS2. The summed E-state index contributed by atoms with van der Waals surface area (Å²) in [6.07, 6.45) is 4.48. The fraction of sp³-hybridized carbons (Fsp3) is 0.375. The Morgan fingerprint density at radius 2 is 2.10 bits per heavy atom. The van der Waals surface area contributed by atoms with Crippen LogP contribution in [0, 0.1) is 0 Å². The Morgan fingerprint density at radius 3 is 2.76 bits per heavy atom. The van der Waals surface area contributed by atoms with Gasteiger partial charge < -0.3 is 4.90 Å². The van der Waals surface area contributed by atoms with Crippen molar-refractivity contribution in [2.45, 2.75) is 19.8 Å². The highest BCUT2D eigenvalue weighted by atomic mass is 32.2. The van der Waals surface area contributed by atoms with Crippen LogP contribution in [-0.4, -0.2) is 34.8 Å². The van der Waals surface area contributed by atoms with Gasteiger partial charge in [0, 0.05) is 25.3 Å². The molecule has 0 bridgehead atoms. The van der Waals surface area contributed by atoms with E-state index in [0.717, 1.165) is 23.6 Å². The normalized spacial score (nSPS) is 20.9. The van der Waals surface area contributed by atoms with E-state index in [2.05, 4.69) is 23.1 Å². The summed E-state index contributed by atoms with van der Waals surface area (Å²) in [6, 6.07) is 8.39. The van der Waals surface area contributed by atoms with E-state index in [1.54, 1.807) is 4.90 Å². The van der Waals surface area contributed by atoms with Gasteiger partial charge in [-0.1, -0.05) is 36.1 Å². The first kappa shape index (κ1) is 14.6. The minimum atomic E-state index is 0.0269. The van der Waals surface area contributed by atoms with Crippen LogP contribution in [0.5, 0.6) is 0 Å². The number of amides is 1. The molecule has 0 spiro atoms. The van der Waals surface area contributed by atoms with Crippen molar-refractivity contribution >= 4 is 46.0 Å². The minimum Gasteiger partial charge on any atom is -0.372 e. The van der Waals surface area contributed by atoms with Gasteiger partial charge in [-0.25, -0.2) is 0 Å². The second-order valence-corrected chi connectivity index (χ2v) is 6.89. The van der Waals surface area contributed by atoms with Crippen LogP contribution in [0.25, 0.3) is 6.08 Å². The monoisotopic (exact) mass is 318 g/mol. The Morgan fingerprint density at radius 1 is 1.33 bits per heavy atom. The topological polar surface area (TPSA) is 23.6 Å². The summed E-state index contributed by atoms with van der Waals surface area (Å²) in [5.41, 5.74) is 2.31. The highest BCUT2D eigenvalue weighted by Gasteiger charge is 2.30. The Hall–Kier alpha value is -1.33. The number of carbonyl (C=O) groups excluding carboxylic acids is 1. The Kier molecular flexibility index (Phi) is 4.31. The molecule has 0 aliphatic carbocycles. The zero-order valence-corrected chi connectivity index (χ0v) is 13.7. The molecule has 21 heavy (non-hydrogen) atoms. The molecular weight excluding hydrogens is 300 g/mol. The lowest BCUT2D eigenvalue weighted by Gasteiger charge is -2.17. The molecule has 2 heterocycles. The number of benzene rings is 1. The average molecular weight is 318 g/mol. The van der Waals surface area contributed by atoms with Crippen molar-refractivity contribution in [3.63, 3.8) is 0 Å². The van der Waals surface area contributed by atoms with E-state index in [0.29, 0.717) is 10.9 Å². The maximum Gasteiger partial charge on any atom is 0.266 e. The van der Waals surface area contributed by atoms with Gasteiger partial charge in [0.2, 0.25) is 0 Å². The van der Waals surface area contributed by atoms with Gasteiger partial charge in [0.25, 0.3) is 5.91 Å². The lowest BCUT2D eigenvalue weighted by atomic mass is 10.1. The van der Waals surface area contributed by atoms with E-state index in [1.165, 1.54) is 30.3 Å². The largest absolute Gasteiger partial charge is 0.372 e. The van der Waals surface area contributed by atoms with Crippen LogP contribution in [0.3, 0.4) is 0 Å². The van der Waals surface area contributed by atoms with Gasteiger partial charge >= 0.3 is 0 Å². The summed E-state index contributed by atoms with van der Waals surface area (Å²) < 4.78 is 0.657. The van der Waals surface area contributed by atoms with Crippen molar-refractivity contribution in [2.75, 3.05) is 24.5 Å². The predicted octanol–water partition coefficient (Wildman–Crippen LogP) is 3.51. The molecule has 0 N–H and O–H groups in total. The molecule has 0 aromatic heterocycles. The van der Waals surface area contributed by atoms with Crippen LogP contribution < -0.4 is 4.90 Å². The van der Waals surface area contributed by atoms with Crippen LogP contribution in [0.2, 0.25) is 0 Å². The molecule has 2 aliphatic rings. The van der Waals surface area contributed by atoms with Crippen molar-refractivity contribution in [1.82, 2.24) is 4.90 Å². The van der Waals surface area contributed by atoms with Crippen molar-refractivity contribution < 1.29 is 4.79 Å². The predicted molar refractivity (Wildman–Crippen MR) is 93.4 cm³/mol. The smallest absolute Gasteiger partial charge is 0.266 e. The quantitative estimate of drug-likeness (QED) is 0.628. The van der Waals surface area contributed by atoms with Crippen molar-refractivity contribution in [3.8, 4) is 0 Å². The molecule has 5 heteroatoms. The molecule has 1 amide bonds. The highest BCUT2D eigenvalue weighted by Crippen LogP contribution is 2.32. The van der Waals surface area contributed by atoms with Gasteiger partial charge in [-0.2, -0.15) is 0 Å². The molecule has 1 aromatic rings. The lowest BCUT2D eigenvalue weighted by molar-refractivity contribution is -0.121. The summed E-state index contributed by atoms with van der Waals surface area (Å²) in [6.45, 7) is 4.83. The van der Waals surface area contributed by atoms with Crippen LogP contribution >= 0.6 is 24.0 Å². The number of likely N-dealkylation sites (N-methyl/N-ethyl adjacent to an activating group) is 1. The fourth-order valence-electron chi connectivity index (χ4n) is 2.71. The third-order valence-electron chi connectivity index (χ3n) is 3.83. The van der Waals surface area contributed by atoms with Gasteiger partial charge in [-0.05, 0) is 43.5 Å². The first-order valence-corrected chi connectivity index (χ1v) is 8.52. The van der Waals surface area contributed by atoms with Gasteiger partial charge in [-0.3, -0.25) is 9.69 Å². The summed E-state index contributed by atoms with van der Waals surface area (Å²) >= 11 is 6.64. The van der Waals surface area contributed by atoms with E-state index in [4.69, 9.17) is 12.2 Å². The molecule has 0 unspecified atom stereocenters. The summed E-state index contributed by atoms with van der Waals surface area (Å²) in [4.78, 5) is 17.0. The first-order chi connectivity index (χ1) is 10.2. The number of hydrogen-bond donors (Lipinski definition) is 0. The van der Waals surface area contributed by atoms with Gasteiger partial charge in [0.05, 0.1) is 4.91 Å². The van der Waals surface area contributed by atoms with Crippen molar-refractivity contribution in [3.05, 3.63) is 34.7 Å². The maximum absolute atomic E-state index is 12.2. The minimum absolute atomic E-state index is 0.0269. The number of anilines is 1. The third-order valence-corrected chi connectivity index (χ3v) is 5.21. The highest BCUT2D eigenvalue weighted by molar-refractivity contribution is 8.26. The van der Waals surface area contributed by atoms with Crippen LogP contribution in [0.1, 0.15) is 25.3 Å². The molecule has 110 valence electrons. The molecule has 3 nitrogen and oxygen atoms in total. The zero-order valence-electron chi connectivity index (χ0n) is 12.0. The maximum atomic E-state index is 12.2. The Balaban J connectivity index is 1.84. The van der Waals surface area contributed by atoms with Gasteiger partial charge in [0.1, 0.15) is 4.32 Å². The van der Waals surface area contributed by atoms with E-state index in [1.807, 2.05) is 19.1 Å². The summed E-state index contributed by atoms with van der Waals surface area (Å²) in [7, 11) is 0. The molecule has 2 aliphatic heterocycles. The molecule has 0 saturated carbocycles. The van der Waals surface area contributed by atoms with Gasteiger partial charge in [-0.15, -0.1) is 0 Å². The van der Waals surface area contributed by atoms with Crippen LogP contribution in [-0.2, 0) is 4.79 Å². The van der Waals surface area contributed by atoms with Gasteiger partial charge in [0.15, 0.2) is 0 Å². The number of hydrogen-bond acceptors (Lipinski definition) is 4. The fourth-order valence-corrected chi connectivity index (χ4v) is 4.09. The van der Waals surface area contributed by atoms with E-state index >= 15 is 0 Å². The first-order valence-electron chi connectivity index (χ1n) is 7.29. The second-order valence-electron chi connectivity index (χ2n) is 5.22. The molecule has 1 aromatic carbocycles. The van der Waals surface area contributed by atoms with E-state index in [-0.39, 0.29) is 5.91 Å². The molecule has 3 rings (SSSR count). The van der Waals surface area contributed by atoms with Crippen LogP contribution in [0.15, 0.2) is 29.2 Å². The number of carbonyl (C=O) groups is 1. The molecule has 2 saturated heterocycles. The summed E-state index contributed by atoms with van der Waals surface area (Å²) in [5, 5.41) is 0. The number of thiocarbonyl (C=S) groups is 1. The number of rotatable bonds is 3. The number of thioether (sulfide) groups is 1. The zero-order chi connectivity index (χ0) is 14.8.